The molecule has 7 heteroatoms. The molecule has 4 aromatic rings. The van der Waals surface area contributed by atoms with Gasteiger partial charge in [-0.1, -0.05) is 30.0 Å². The van der Waals surface area contributed by atoms with Crippen molar-refractivity contribution in [3.05, 3.63) is 67.1 Å². The number of hydrogen-bond acceptors (Lipinski definition) is 7. The molecule has 6 nitrogen and oxygen atoms in total. The van der Waals surface area contributed by atoms with E-state index in [-0.39, 0.29) is 0 Å². The molecule has 0 aliphatic heterocycles. The van der Waals surface area contributed by atoms with Crippen molar-refractivity contribution in [3.8, 4) is 5.75 Å². The molecule has 2 aromatic carbocycles. The Balaban J connectivity index is 1.59. The third kappa shape index (κ3) is 3.84. The summed E-state index contributed by atoms with van der Waals surface area (Å²) in [5, 5.41) is 5.00. The van der Waals surface area contributed by atoms with Gasteiger partial charge in [0.25, 0.3) is 0 Å². The maximum atomic E-state index is 6.35. The first-order valence-electron chi connectivity index (χ1n) is 8.86. The summed E-state index contributed by atoms with van der Waals surface area (Å²) in [5.74, 6) is 1.39. The summed E-state index contributed by atoms with van der Waals surface area (Å²) in [5.41, 5.74) is 8.64. The van der Waals surface area contributed by atoms with Crippen LogP contribution in [-0.4, -0.2) is 21.6 Å². The van der Waals surface area contributed by atoms with Crippen molar-refractivity contribution >= 4 is 39.9 Å². The van der Waals surface area contributed by atoms with Crippen LogP contribution < -0.4 is 15.8 Å². The number of rotatable bonds is 6. The summed E-state index contributed by atoms with van der Waals surface area (Å²) in [7, 11) is 0. The Labute approximate surface area is 167 Å². The summed E-state index contributed by atoms with van der Waals surface area (Å²) < 4.78 is 5.47. The third-order valence-electron chi connectivity index (χ3n) is 4.08. The minimum absolute atomic E-state index is 0.495. The van der Waals surface area contributed by atoms with E-state index in [1.807, 2.05) is 61.5 Å². The first kappa shape index (κ1) is 18.1. The van der Waals surface area contributed by atoms with Crippen LogP contribution in [-0.2, 0) is 0 Å². The van der Waals surface area contributed by atoms with Crippen LogP contribution in [0.3, 0.4) is 0 Å². The van der Waals surface area contributed by atoms with Gasteiger partial charge in [-0.3, -0.25) is 4.98 Å². The van der Waals surface area contributed by atoms with Gasteiger partial charge in [0.05, 0.1) is 12.1 Å². The van der Waals surface area contributed by atoms with Gasteiger partial charge in [-0.05, 0) is 43.3 Å². The van der Waals surface area contributed by atoms with Crippen LogP contribution in [0.5, 0.6) is 5.75 Å². The van der Waals surface area contributed by atoms with Crippen molar-refractivity contribution in [1.29, 1.82) is 0 Å². The van der Waals surface area contributed by atoms with E-state index in [0.29, 0.717) is 23.1 Å². The van der Waals surface area contributed by atoms with Crippen LogP contribution >= 0.6 is 11.8 Å². The molecular formula is C21H19N5OS. The zero-order chi connectivity index (χ0) is 19.3. The van der Waals surface area contributed by atoms with Crippen molar-refractivity contribution in [2.24, 2.45) is 0 Å². The Bertz CT molecular complexity index is 1100. The molecule has 0 aliphatic rings. The SMILES string of the molecule is CCOc1ccc(Nc2ncnc(Sc3cccc4cccnc34)c2N)cc1. The Hall–Kier alpha value is -3.32. The number of aromatic nitrogens is 3. The molecule has 2 aromatic heterocycles. The molecule has 4 rings (SSSR count). The average Bonchev–Trinajstić information content (AvgIpc) is 2.73. The lowest BCUT2D eigenvalue weighted by Crippen LogP contribution is -2.02. The largest absolute Gasteiger partial charge is 0.494 e. The Morgan fingerprint density at radius 3 is 2.64 bits per heavy atom. The number of fused-ring (bicyclic) bond motifs is 1. The average molecular weight is 389 g/mol. The van der Waals surface area contributed by atoms with Gasteiger partial charge < -0.3 is 15.8 Å². The summed E-state index contributed by atoms with van der Waals surface area (Å²) in [4.78, 5) is 14.1. The van der Waals surface area contributed by atoms with Crippen molar-refractivity contribution in [2.45, 2.75) is 16.8 Å². The van der Waals surface area contributed by atoms with Crippen molar-refractivity contribution in [1.82, 2.24) is 15.0 Å². The maximum absolute atomic E-state index is 6.35. The van der Waals surface area contributed by atoms with E-state index in [2.05, 4.69) is 20.3 Å². The first-order chi connectivity index (χ1) is 13.7. The summed E-state index contributed by atoms with van der Waals surface area (Å²) >= 11 is 1.48. The first-order valence-corrected chi connectivity index (χ1v) is 9.68. The fraction of sp³-hybridized carbons (Fsp3) is 0.0952. The van der Waals surface area contributed by atoms with E-state index < -0.39 is 0 Å². The molecule has 28 heavy (non-hydrogen) atoms. The lowest BCUT2D eigenvalue weighted by atomic mass is 10.2. The number of nitrogen functional groups attached to an aromatic ring is 1. The van der Waals surface area contributed by atoms with E-state index in [0.717, 1.165) is 27.2 Å². The van der Waals surface area contributed by atoms with Gasteiger partial charge in [0.2, 0.25) is 0 Å². The molecule has 140 valence electrons. The van der Waals surface area contributed by atoms with Crippen LogP contribution in [0.2, 0.25) is 0 Å². The smallest absolute Gasteiger partial charge is 0.158 e. The molecule has 0 bridgehead atoms. The number of nitrogens with one attached hydrogen (secondary N) is 1. The highest BCUT2D eigenvalue weighted by Gasteiger charge is 2.12. The zero-order valence-corrected chi connectivity index (χ0v) is 16.1. The van der Waals surface area contributed by atoms with Crippen LogP contribution in [0.15, 0.2) is 77.0 Å². The number of ether oxygens (including phenoxy) is 1. The number of para-hydroxylation sites is 1. The van der Waals surface area contributed by atoms with E-state index in [4.69, 9.17) is 10.5 Å². The highest BCUT2D eigenvalue weighted by atomic mass is 32.2. The highest BCUT2D eigenvalue weighted by molar-refractivity contribution is 7.99. The van der Waals surface area contributed by atoms with E-state index in [9.17, 15) is 0 Å². The maximum Gasteiger partial charge on any atom is 0.158 e. The summed E-state index contributed by atoms with van der Waals surface area (Å²) in [6.45, 7) is 2.59. The van der Waals surface area contributed by atoms with E-state index in [1.165, 1.54) is 18.1 Å². The molecule has 0 radical (unpaired) electrons. The van der Waals surface area contributed by atoms with Crippen LogP contribution in [0.25, 0.3) is 10.9 Å². The Morgan fingerprint density at radius 1 is 1.00 bits per heavy atom. The van der Waals surface area contributed by atoms with Gasteiger partial charge in [-0.2, -0.15) is 0 Å². The molecule has 0 saturated heterocycles. The van der Waals surface area contributed by atoms with Gasteiger partial charge in [0.15, 0.2) is 5.82 Å². The minimum Gasteiger partial charge on any atom is -0.494 e. The monoisotopic (exact) mass is 389 g/mol. The van der Waals surface area contributed by atoms with Crippen LogP contribution in [0.4, 0.5) is 17.2 Å². The Kier molecular flexibility index (Phi) is 5.25. The summed E-state index contributed by atoms with van der Waals surface area (Å²) in [6, 6.07) is 17.7. The number of pyridine rings is 1. The predicted molar refractivity (Wildman–Crippen MR) is 113 cm³/mol. The number of nitrogens with zero attached hydrogens (tertiary/aromatic N) is 3. The lowest BCUT2D eigenvalue weighted by molar-refractivity contribution is 0.340. The van der Waals surface area contributed by atoms with Crippen LogP contribution in [0.1, 0.15) is 6.92 Å². The van der Waals surface area contributed by atoms with Gasteiger partial charge in [0.1, 0.15) is 22.8 Å². The second kappa shape index (κ2) is 8.14. The van der Waals surface area contributed by atoms with Gasteiger partial charge in [-0.25, -0.2) is 9.97 Å². The summed E-state index contributed by atoms with van der Waals surface area (Å²) in [6.07, 6.45) is 3.29. The van der Waals surface area contributed by atoms with Crippen LogP contribution in [0, 0.1) is 0 Å². The van der Waals surface area contributed by atoms with Gasteiger partial charge in [0, 0.05) is 22.2 Å². The second-order valence-corrected chi connectivity index (χ2v) is 6.99. The number of hydrogen-bond donors (Lipinski definition) is 2. The molecule has 0 fully saturated rings. The number of nitrogens with two attached hydrogens (primary N) is 1. The fourth-order valence-electron chi connectivity index (χ4n) is 2.76. The molecule has 0 atom stereocenters. The fourth-order valence-corrected chi connectivity index (χ4v) is 3.69. The normalized spacial score (nSPS) is 10.8. The minimum atomic E-state index is 0.495. The van der Waals surface area contributed by atoms with Gasteiger partial charge in [-0.15, -0.1) is 0 Å². The van der Waals surface area contributed by atoms with Crippen molar-refractivity contribution in [3.63, 3.8) is 0 Å². The van der Waals surface area contributed by atoms with E-state index >= 15 is 0 Å². The lowest BCUT2D eigenvalue weighted by Gasteiger charge is -2.12. The second-order valence-electron chi connectivity index (χ2n) is 5.96. The molecule has 2 heterocycles. The molecule has 0 unspecified atom stereocenters. The molecule has 0 spiro atoms. The quantitative estimate of drug-likeness (QED) is 0.454. The van der Waals surface area contributed by atoms with Gasteiger partial charge >= 0.3 is 0 Å². The number of anilines is 3. The molecule has 0 aliphatic carbocycles. The highest BCUT2D eigenvalue weighted by Crippen LogP contribution is 2.36. The topological polar surface area (TPSA) is 86.0 Å². The van der Waals surface area contributed by atoms with Crippen molar-refractivity contribution in [2.75, 3.05) is 17.7 Å². The standard InChI is InChI=1S/C21H19N5OS/c1-2-27-16-10-8-15(9-11-16)26-20-18(22)21(25-13-24-20)28-17-7-3-5-14-6-4-12-23-19(14)17/h3-13H,2,22H2,1H3,(H,24,25,26). The zero-order valence-electron chi connectivity index (χ0n) is 15.3. The molecular weight excluding hydrogens is 370 g/mol. The molecule has 0 amide bonds. The van der Waals surface area contributed by atoms with E-state index in [1.54, 1.807) is 6.20 Å². The molecule has 3 N–H and O–H groups in total. The predicted octanol–water partition coefficient (Wildman–Crippen LogP) is 4.90. The Morgan fingerprint density at radius 2 is 1.82 bits per heavy atom. The molecule has 0 saturated carbocycles. The van der Waals surface area contributed by atoms with Crippen molar-refractivity contribution < 1.29 is 4.74 Å². The third-order valence-corrected chi connectivity index (χ3v) is 5.15. The number of benzene rings is 2.